The topological polar surface area (TPSA) is 128 Å². The smallest absolute Gasteiger partial charge is 0.272 e. The van der Waals surface area contributed by atoms with Crippen LogP contribution >= 0.6 is 46.3 Å². The highest BCUT2D eigenvalue weighted by atomic mass is 35.5. The first-order valence-corrected chi connectivity index (χ1v) is 18.3. The number of aromatic nitrogens is 1. The van der Waals surface area contributed by atoms with E-state index in [4.69, 9.17) is 37.4 Å². The molecule has 0 spiro atoms. The van der Waals surface area contributed by atoms with Crippen molar-refractivity contribution in [3.8, 4) is 28.5 Å². The van der Waals surface area contributed by atoms with Gasteiger partial charge >= 0.3 is 0 Å². The summed E-state index contributed by atoms with van der Waals surface area (Å²) in [7, 11) is 4.48. The number of carbonyl (C=O) groups is 3. The minimum Gasteiger partial charge on any atom is -0.496 e. The van der Waals surface area contributed by atoms with Gasteiger partial charge in [-0.1, -0.05) is 54.4 Å². The quantitative estimate of drug-likeness (QED) is 0.0753. The second kappa shape index (κ2) is 18.0. The van der Waals surface area contributed by atoms with Gasteiger partial charge in [0.05, 0.1) is 37.3 Å². The molecule has 5 aromatic rings. The number of benzene rings is 4. The Morgan fingerprint density at radius 2 is 1.60 bits per heavy atom. The van der Waals surface area contributed by atoms with Crippen molar-refractivity contribution in [3.05, 3.63) is 117 Å². The van der Waals surface area contributed by atoms with Crippen molar-refractivity contribution < 1.29 is 28.6 Å². The Hall–Kier alpha value is -5.01. The zero-order valence-corrected chi connectivity index (χ0v) is 31.6. The summed E-state index contributed by atoms with van der Waals surface area (Å²) in [5, 5.41) is 11.3. The van der Waals surface area contributed by atoms with Gasteiger partial charge in [-0.3, -0.25) is 14.4 Å². The lowest BCUT2D eigenvalue weighted by Crippen LogP contribution is -2.30. The summed E-state index contributed by atoms with van der Waals surface area (Å²) in [4.78, 5) is 45.7. The molecule has 0 radical (unpaired) electrons. The summed E-state index contributed by atoms with van der Waals surface area (Å²) in [6.07, 6.45) is 2.03. The maximum absolute atomic E-state index is 13.8. The number of anilines is 2. The highest BCUT2D eigenvalue weighted by Crippen LogP contribution is 2.36. The number of carbonyl (C=O) groups excluding carboxylic acids is 3. The minimum absolute atomic E-state index is 0.0500. The number of amides is 3. The van der Waals surface area contributed by atoms with Gasteiger partial charge in [0.2, 0.25) is 5.91 Å². The molecule has 3 amide bonds. The fourth-order valence-electron chi connectivity index (χ4n) is 4.93. The molecule has 0 aliphatic rings. The van der Waals surface area contributed by atoms with E-state index in [0.29, 0.717) is 66.9 Å². The third kappa shape index (κ3) is 9.65. The third-order valence-corrected chi connectivity index (χ3v) is 10.2. The lowest BCUT2D eigenvalue weighted by molar-refractivity contribution is -0.116. The van der Waals surface area contributed by atoms with E-state index in [1.54, 1.807) is 78.9 Å². The molecule has 0 fully saturated rings. The van der Waals surface area contributed by atoms with Gasteiger partial charge in [0.15, 0.2) is 16.6 Å². The molecule has 52 heavy (non-hydrogen) atoms. The van der Waals surface area contributed by atoms with E-state index in [1.807, 2.05) is 18.4 Å². The molecule has 268 valence electrons. The largest absolute Gasteiger partial charge is 0.496 e. The van der Waals surface area contributed by atoms with E-state index < -0.39 is 17.1 Å². The highest BCUT2D eigenvalue weighted by Gasteiger charge is 2.22. The first-order chi connectivity index (χ1) is 25.1. The zero-order valence-electron chi connectivity index (χ0n) is 28.5. The molecule has 1 unspecified atom stereocenters. The van der Waals surface area contributed by atoms with Crippen molar-refractivity contribution in [1.82, 2.24) is 10.3 Å². The molecule has 0 saturated carbocycles. The summed E-state index contributed by atoms with van der Waals surface area (Å²) in [6, 6.07) is 24.1. The van der Waals surface area contributed by atoms with E-state index in [2.05, 4.69) is 20.9 Å². The van der Waals surface area contributed by atoms with Crippen LogP contribution in [0.15, 0.2) is 101 Å². The molecule has 1 atom stereocenters. The standard InChI is InChI=1S/C38H34Cl2N4O6S2/c1-5-34(37(47)44-38-43-30(21-51-38)27-15-14-24(39)18-28(27)40)52-26-13-9-12-25(19-26)41-36(46)29(42-35(45)22-10-7-6-8-11-22)16-23-17-32(49-3)33(50-4)20-31(23)48-2/h6-21,34H,5H2,1-4H3,(H,41,46)(H,42,45)(H,43,44,47)/b29-16+. The van der Waals surface area contributed by atoms with E-state index in [9.17, 15) is 14.4 Å². The molecule has 5 rings (SSSR count). The van der Waals surface area contributed by atoms with Crippen LogP contribution in [0.4, 0.5) is 10.8 Å². The Morgan fingerprint density at radius 1 is 0.865 bits per heavy atom. The Balaban J connectivity index is 1.34. The highest BCUT2D eigenvalue weighted by molar-refractivity contribution is 8.00. The van der Waals surface area contributed by atoms with Gasteiger partial charge in [-0.05, 0) is 67.1 Å². The van der Waals surface area contributed by atoms with Gasteiger partial charge in [0.1, 0.15) is 11.4 Å². The lowest BCUT2D eigenvalue weighted by atomic mass is 10.1. The summed E-state index contributed by atoms with van der Waals surface area (Å²) >= 11 is 15.0. The number of rotatable bonds is 14. The van der Waals surface area contributed by atoms with Crippen molar-refractivity contribution in [3.63, 3.8) is 0 Å². The van der Waals surface area contributed by atoms with Crippen LogP contribution < -0.4 is 30.2 Å². The van der Waals surface area contributed by atoms with E-state index in [1.165, 1.54) is 50.5 Å². The molecule has 10 nitrogen and oxygen atoms in total. The van der Waals surface area contributed by atoms with Crippen molar-refractivity contribution in [2.75, 3.05) is 32.0 Å². The average molecular weight is 778 g/mol. The van der Waals surface area contributed by atoms with Crippen molar-refractivity contribution >= 4 is 80.9 Å². The van der Waals surface area contributed by atoms with Gasteiger partial charge in [-0.25, -0.2) is 4.98 Å². The van der Waals surface area contributed by atoms with Crippen LogP contribution in [0.2, 0.25) is 10.0 Å². The lowest BCUT2D eigenvalue weighted by Gasteiger charge is -2.16. The van der Waals surface area contributed by atoms with Gasteiger partial charge in [0.25, 0.3) is 11.8 Å². The molecule has 1 heterocycles. The fourth-order valence-corrected chi connectivity index (χ4v) is 7.17. The Morgan fingerprint density at radius 3 is 2.29 bits per heavy atom. The maximum Gasteiger partial charge on any atom is 0.272 e. The van der Waals surface area contributed by atoms with Crippen molar-refractivity contribution in [1.29, 1.82) is 0 Å². The second-order valence-corrected chi connectivity index (χ2v) is 14.0. The second-order valence-electron chi connectivity index (χ2n) is 11.0. The monoisotopic (exact) mass is 776 g/mol. The van der Waals surface area contributed by atoms with E-state index in [-0.39, 0.29) is 11.6 Å². The molecule has 0 bridgehead atoms. The number of hydrogen-bond donors (Lipinski definition) is 3. The number of thiazole rings is 1. The third-order valence-electron chi connectivity index (χ3n) is 7.54. The molecule has 0 aliphatic carbocycles. The Bertz CT molecular complexity index is 2110. The van der Waals surface area contributed by atoms with Gasteiger partial charge < -0.3 is 30.2 Å². The predicted molar refractivity (Wildman–Crippen MR) is 209 cm³/mol. The van der Waals surface area contributed by atoms with Crippen molar-refractivity contribution in [2.24, 2.45) is 0 Å². The summed E-state index contributed by atoms with van der Waals surface area (Å²) < 4.78 is 16.4. The molecular weight excluding hydrogens is 743 g/mol. The number of halogens is 2. The normalized spacial score (nSPS) is 11.7. The van der Waals surface area contributed by atoms with Gasteiger partial charge in [0, 0.05) is 43.7 Å². The van der Waals surface area contributed by atoms with Gasteiger partial charge in [-0.2, -0.15) is 0 Å². The summed E-state index contributed by atoms with van der Waals surface area (Å²) in [6.45, 7) is 1.92. The van der Waals surface area contributed by atoms with Crippen LogP contribution in [0.5, 0.6) is 17.2 Å². The zero-order chi connectivity index (χ0) is 37.2. The predicted octanol–water partition coefficient (Wildman–Crippen LogP) is 9.06. The number of nitrogens with one attached hydrogen (secondary N) is 3. The van der Waals surface area contributed by atoms with Gasteiger partial charge in [-0.15, -0.1) is 23.1 Å². The van der Waals surface area contributed by atoms with E-state index in [0.717, 1.165) is 4.90 Å². The molecule has 0 saturated heterocycles. The molecule has 1 aromatic heterocycles. The SMILES string of the molecule is CCC(Sc1cccc(NC(=O)/C(=C\c2cc(OC)c(OC)cc2OC)NC(=O)c2ccccc2)c1)C(=O)Nc1nc(-c2ccc(Cl)cc2Cl)cs1. The van der Waals surface area contributed by atoms with Crippen LogP contribution in [-0.2, 0) is 9.59 Å². The van der Waals surface area contributed by atoms with E-state index >= 15 is 0 Å². The molecule has 3 N–H and O–H groups in total. The number of methoxy groups -OCH3 is 3. The maximum atomic E-state index is 13.8. The average Bonchev–Trinajstić information content (AvgIpc) is 3.61. The van der Waals surface area contributed by atoms with Crippen LogP contribution in [-0.4, -0.2) is 49.3 Å². The Labute approximate surface area is 319 Å². The van der Waals surface area contributed by atoms with Crippen LogP contribution in [0.3, 0.4) is 0 Å². The summed E-state index contributed by atoms with van der Waals surface area (Å²) in [5.74, 6) is -0.0584. The number of hydrogen-bond acceptors (Lipinski definition) is 9. The van der Waals surface area contributed by atoms with Crippen LogP contribution in [0, 0.1) is 0 Å². The fraction of sp³-hybridized carbons (Fsp3) is 0.158. The van der Waals surface area contributed by atoms with Crippen molar-refractivity contribution in [2.45, 2.75) is 23.5 Å². The van der Waals surface area contributed by atoms with Crippen LogP contribution in [0.1, 0.15) is 29.3 Å². The molecule has 4 aromatic carbocycles. The minimum atomic E-state index is -0.589. The molecule has 0 aliphatic heterocycles. The number of nitrogens with zero attached hydrogens (tertiary/aromatic N) is 1. The molecule has 14 heteroatoms. The summed E-state index contributed by atoms with van der Waals surface area (Å²) in [5.41, 5.74) is 2.57. The molecular formula is C38H34Cl2N4O6S2. The first kappa shape index (κ1) is 38.2. The Kier molecular flexibility index (Phi) is 13.2. The number of ether oxygens (including phenoxy) is 3. The first-order valence-electron chi connectivity index (χ1n) is 15.8. The van der Waals surface area contributed by atoms with Crippen LogP contribution in [0.25, 0.3) is 17.3 Å². The number of thioether (sulfide) groups is 1.